The van der Waals surface area contributed by atoms with Crippen LogP contribution in [0.15, 0.2) is 137 Å². The molecular weight excluding hydrogens is 605 g/mol. The summed E-state index contributed by atoms with van der Waals surface area (Å²) in [6.07, 6.45) is 35.6. The number of hydrogen-bond acceptors (Lipinski definition) is 2. The fourth-order valence-corrected chi connectivity index (χ4v) is 8.53. The summed E-state index contributed by atoms with van der Waals surface area (Å²) in [4.78, 5) is 0. The molecule has 3 aromatic carbocycles. The third-order valence-corrected chi connectivity index (χ3v) is 11.7. The van der Waals surface area contributed by atoms with Crippen LogP contribution in [-0.2, 0) is 6.42 Å². The normalized spacial score (nSPS) is 22.4. The maximum Gasteiger partial charge on any atom is 0.0670 e. The average molecular weight is 655 g/mol. The molecule has 2 heteroatoms. The van der Waals surface area contributed by atoms with Crippen LogP contribution in [0, 0.1) is 11.8 Å². The van der Waals surface area contributed by atoms with Crippen molar-refractivity contribution in [2.75, 3.05) is 0 Å². The SMILES string of the molecule is C/C(=C\C=C(/N)C1=CC(c2ccc(-c3ccc4c(c3)CCC=C4)cc2)=CC(C2=CC=C(C3CCCCC3)CC2)N1)C1C=c2ccccc2=CC1. The van der Waals surface area contributed by atoms with E-state index >= 15 is 0 Å². The van der Waals surface area contributed by atoms with Gasteiger partial charge in [-0.15, -0.1) is 0 Å². The molecule has 0 amide bonds. The topological polar surface area (TPSA) is 38.0 Å². The van der Waals surface area contributed by atoms with E-state index in [2.05, 4.69) is 140 Å². The molecule has 2 nitrogen and oxygen atoms in total. The van der Waals surface area contributed by atoms with Crippen LogP contribution in [0.25, 0.3) is 34.9 Å². The second-order valence-corrected chi connectivity index (χ2v) is 14.9. The van der Waals surface area contributed by atoms with Crippen LogP contribution < -0.4 is 21.5 Å². The van der Waals surface area contributed by atoms with Crippen LogP contribution in [0.1, 0.15) is 81.4 Å². The van der Waals surface area contributed by atoms with E-state index in [0.29, 0.717) is 5.92 Å². The number of benzene rings is 3. The molecule has 3 aromatic rings. The van der Waals surface area contributed by atoms with Crippen LogP contribution in [0.3, 0.4) is 0 Å². The fraction of sp³-hybridized carbons (Fsp3) is 0.292. The van der Waals surface area contributed by atoms with E-state index in [1.807, 2.05) is 0 Å². The van der Waals surface area contributed by atoms with E-state index in [1.165, 1.54) is 93.5 Å². The fourth-order valence-electron chi connectivity index (χ4n) is 8.53. The summed E-state index contributed by atoms with van der Waals surface area (Å²) in [6.45, 7) is 2.23. The molecule has 1 fully saturated rings. The molecule has 50 heavy (non-hydrogen) atoms. The van der Waals surface area contributed by atoms with Crippen LogP contribution >= 0.6 is 0 Å². The third kappa shape index (κ3) is 7.08. The maximum atomic E-state index is 6.91. The highest BCUT2D eigenvalue weighted by molar-refractivity contribution is 5.80. The van der Waals surface area contributed by atoms with Crippen molar-refractivity contribution < 1.29 is 0 Å². The summed E-state index contributed by atoms with van der Waals surface area (Å²) in [5.74, 6) is 1.17. The monoisotopic (exact) mass is 654 g/mol. The minimum absolute atomic E-state index is 0.109. The van der Waals surface area contributed by atoms with Crippen LogP contribution in [0.2, 0.25) is 0 Å². The van der Waals surface area contributed by atoms with E-state index in [9.17, 15) is 0 Å². The van der Waals surface area contributed by atoms with Gasteiger partial charge in [0.25, 0.3) is 0 Å². The van der Waals surface area contributed by atoms with E-state index in [4.69, 9.17) is 5.73 Å². The molecule has 5 aliphatic rings. The zero-order chi connectivity index (χ0) is 33.9. The minimum Gasteiger partial charge on any atom is -0.397 e. The Hall–Kier alpha value is -4.82. The molecule has 0 bridgehead atoms. The Balaban J connectivity index is 1.08. The number of fused-ring (bicyclic) bond motifs is 2. The molecule has 1 aliphatic heterocycles. The Bertz CT molecular complexity index is 2100. The molecule has 2 unspecified atom stereocenters. The molecule has 4 aliphatic carbocycles. The van der Waals surface area contributed by atoms with Gasteiger partial charge in [-0.05, 0) is 119 Å². The molecule has 8 rings (SSSR count). The first kappa shape index (κ1) is 32.4. The predicted molar refractivity (Wildman–Crippen MR) is 213 cm³/mol. The maximum absolute atomic E-state index is 6.91. The Kier molecular flexibility index (Phi) is 9.44. The van der Waals surface area contributed by atoms with E-state index < -0.39 is 0 Å². The van der Waals surface area contributed by atoms with Crippen LogP contribution in [0.4, 0.5) is 0 Å². The Labute approximate surface area is 298 Å². The van der Waals surface area contributed by atoms with Gasteiger partial charge >= 0.3 is 0 Å². The molecule has 0 aromatic heterocycles. The first-order valence-corrected chi connectivity index (χ1v) is 19.0. The van der Waals surface area contributed by atoms with Gasteiger partial charge in [0.1, 0.15) is 0 Å². The van der Waals surface area contributed by atoms with E-state index in [0.717, 1.165) is 43.0 Å². The van der Waals surface area contributed by atoms with Gasteiger partial charge in [0.2, 0.25) is 0 Å². The van der Waals surface area contributed by atoms with Crippen molar-refractivity contribution >= 4 is 23.8 Å². The summed E-state index contributed by atoms with van der Waals surface area (Å²) in [7, 11) is 0. The number of nitrogens with one attached hydrogen (secondary N) is 1. The predicted octanol–water partition coefficient (Wildman–Crippen LogP) is 9.85. The molecule has 1 heterocycles. The average Bonchev–Trinajstić information content (AvgIpc) is 3.19. The largest absolute Gasteiger partial charge is 0.397 e. The number of aryl methyl sites for hydroxylation is 1. The highest BCUT2D eigenvalue weighted by Gasteiger charge is 2.24. The third-order valence-electron chi connectivity index (χ3n) is 11.7. The summed E-state index contributed by atoms with van der Waals surface area (Å²) < 4.78 is 0. The lowest BCUT2D eigenvalue weighted by molar-refractivity contribution is 0.393. The van der Waals surface area contributed by atoms with Gasteiger partial charge in [-0.25, -0.2) is 0 Å². The summed E-state index contributed by atoms with van der Waals surface area (Å²) in [6, 6.07) is 24.8. The molecular formula is C48H50N2. The molecule has 2 atom stereocenters. The first-order valence-electron chi connectivity index (χ1n) is 19.0. The zero-order valence-corrected chi connectivity index (χ0v) is 29.5. The van der Waals surface area contributed by atoms with Crippen molar-refractivity contribution in [2.24, 2.45) is 17.6 Å². The second kappa shape index (κ2) is 14.6. The van der Waals surface area contributed by atoms with Crippen molar-refractivity contribution in [1.82, 2.24) is 5.32 Å². The van der Waals surface area contributed by atoms with Gasteiger partial charge in [-0.1, -0.05) is 146 Å². The quantitative estimate of drug-likeness (QED) is 0.249. The summed E-state index contributed by atoms with van der Waals surface area (Å²) in [5.41, 5.74) is 20.9. The van der Waals surface area contributed by atoms with Crippen LogP contribution in [-0.4, -0.2) is 6.04 Å². The molecule has 0 spiro atoms. The first-order chi connectivity index (χ1) is 24.6. The number of dihydropyridines is 1. The number of nitrogens with two attached hydrogens (primary N) is 1. The number of rotatable bonds is 7. The number of hydrogen-bond donors (Lipinski definition) is 2. The molecule has 0 saturated heterocycles. The zero-order valence-electron chi connectivity index (χ0n) is 29.5. The highest BCUT2D eigenvalue weighted by atomic mass is 15.0. The van der Waals surface area contributed by atoms with Crippen molar-refractivity contribution in [3.05, 3.63) is 165 Å². The highest BCUT2D eigenvalue weighted by Crippen LogP contribution is 2.37. The molecule has 1 saturated carbocycles. The lowest BCUT2D eigenvalue weighted by Crippen LogP contribution is -2.34. The molecule has 3 N–H and O–H groups in total. The lowest BCUT2D eigenvalue weighted by Gasteiger charge is -2.31. The second-order valence-electron chi connectivity index (χ2n) is 14.9. The lowest BCUT2D eigenvalue weighted by atomic mass is 9.79. The smallest absolute Gasteiger partial charge is 0.0670 e. The van der Waals surface area contributed by atoms with Crippen molar-refractivity contribution in [2.45, 2.75) is 77.2 Å². The van der Waals surface area contributed by atoms with Gasteiger partial charge < -0.3 is 11.1 Å². The van der Waals surface area contributed by atoms with Gasteiger partial charge in [-0.2, -0.15) is 0 Å². The van der Waals surface area contributed by atoms with Crippen molar-refractivity contribution in [3.63, 3.8) is 0 Å². The summed E-state index contributed by atoms with van der Waals surface area (Å²) in [5, 5.41) is 6.50. The Morgan fingerprint density at radius 2 is 1.54 bits per heavy atom. The van der Waals surface area contributed by atoms with Gasteiger partial charge in [0, 0.05) is 5.92 Å². The standard InChI is InChI=1S/C48H50N2/c1-33(41-26-22-35-11-5-7-13-42(35)29-41)15-28-46(49)48-32-45(31-47(50-48)40-24-20-37(21-25-40)34-9-3-2-4-10-34)39-18-16-38(17-19-39)44-27-23-36-12-6-8-14-43(36)30-44/h5-7,11-13,15-20,22-24,27-32,34,41,47,50H,2-4,8-10,14,21,25-26,49H2,1H3/b33-15+,46-28-. The Morgan fingerprint density at radius 3 is 2.36 bits per heavy atom. The van der Waals surface area contributed by atoms with Crippen molar-refractivity contribution in [3.8, 4) is 11.1 Å². The van der Waals surface area contributed by atoms with Gasteiger partial charge in [-0.3, -0.25) is 0 Å². The van der Waals surface area contributed by atoms with E-state index in [-0.39, 0.29) is 6.04 Å². The molecule has 0 radical (unpaired) electrons. The van der Waals surface area contributed by atoms with Gasteiger partial charge in [0.15, 0.2) is 0 Å². The van der Waals surface area contributed by atoms with Crippen molar-refractivity contribution in [1.29, 1.82) is 0 Å². The van der Waals surface area contributed by atoms with Gasteiger partial charge in [0.05, 0.1) is 17.4 Å². The minimum atomic E-state index is 0.109. The number of allylic oxidation sites excluding steroid dienone is 9. The van der Waals surface area contributed by atoms with Crippen LogP contribution in [0.5, 0.6) is 0 Å². The van der Waals surface area contributed by atoms with E-state index in [1.54, 1.807) is 5.57 Å². The summed E-state index contributed by atoms with van der Waals surface area (Å²) >= 11 is 0. The molecule has 252 valence electrons. The Morgan fingerprint density at radius 1 is 0.780 bits per heavy atom.